The highest BCUT2D eigenvalue weighted by atomic mass is 15.0. The average molecular weight is 244 g/mol. The zero-order valence-electron chi connectivity index (χ0n) is 11.0. The number of nitrogens with two attached hydrogens (primary N) is 1. The lowest BCUT2D eigenvalue weighted by atomic mass is 9.93. The Balaban J connectivity index is 2.13. The summed E-state index contributed by atoms with van der Waals surface area (Å²) in [5.41, 5.74) is 6.70. The molecule has 0 aromatic carbocycles. The average Bonchev–Trinajstić information content (AvgIpc) is 2.72. The molecule has 3 atom stereocenters. The van der Waals surface area contributed by atoms with Gasteiger partial charge in [-0.1, -0.05) is 20.3 Å². The molecular formula is C14H20N4. The number of rotatable bonds is 3. The lowest BCUT2D eigenvalue weighted by Crippen LogP contribution is -2.25. The molecule has 1 aromatic heterocycles. The van der Waals surface area contributed by atoms with Crippen LogP contribution in [0.5, 0.6) is 0 Å². The van der Waals surface area contributed by atoms with Crippen LogP contribution in [0.1, 0.15) is 38.7 Å². The Morgan fingerprint density at radius 2 is 2.33 bits per heavy atom. The van der Waals surface area contributed by atoms with Crippen LogP contribution in [0.4, 0.5) is 11.5 Å². The zero-order valence-corrected chi connectivity index (χ0v) is 11.0. The van der Waals surface area contributed by atoms with Crippen molar-refractivity contribution in [2.75, 3.05) is 11.1 Å². The first-order valence-electron chi connectivity index (χ1n) is 6.57. The summed E-state index contributed by atoms with van der Waals surface area (Å²) < 4.78 is 0. The molecule has 1 aliphatic rings. The van der Waals surface area contributed by atoms with E-state index in [0.717, 1.165) is 12.3 Å². The standard InChI is InChI=1S/C14H20N4/c1-3-10-4-5-13(9(10)2)18-14-11(7-15)6-12(16)8-17-14/h6,8-10,13H,3-5,16H2,1-2H3,(H,17,18). The lowest BCUT2D eigenvalue weighted by Gasteiger charge is -2.22. The number of hydrogen-bond donors (Lipinski definition) is 2. The van der Waals surface area contributed by atoms with Gasteiger partial charge in [0.15, 0.2) is 0 Å². The molecule has 0 bridgehead atoms. The zero-order chi connectivity index (χ0) is 13.1. The molecule has 4 nitrogen and oxygen atoms in total. The van der Waals surface area contributed by atoms with E-state index >= 15 is 0 Å². The molecule has 4 heteroatoms. The minimum atomic E-state index is 0.415. The molecule has 0 radical (unpaired) electrons. The first kappa shape index (κ1) is 12.7. The number of nitriles is 1. The molecule has 96 valence electrons. The van der Waals surface area contributed by atoms with Crippen LogP contribution in [-0.2, 0) is 0 Å². The Kier molecular flexibility index (Phi) is 3.71. The summed E-state index contributed by atoms with van der Waals surface area (Å²) in [5, 5.41) is 12.5. The summed E-state index contributed by atoms with van der Waals surface area (Å²) in [5.74, 6) is 2.07. The quantitative estimate of drug-likeness (QED) is 0.857. The van der Waals surface area contributed by atoms with E-state index in [1.807, 2.05) is 0 Å². The molecular weight excluding hydrogens is 224 g/mol. The minimum Gasteiger partial charge on any atom is -0.397 e. The molecule has 1 heterocycles. The maximum absolute atomic E-state index is 9.10. The first-order valence-corrected chi connectivity index (χ1v) is 6.57. The summed E-state index contributed by atoms with van der Waals surface area (Å²) >= 11 is 0. The Bertz CT molecular complexity index is 463. The van der Waals surface area contributed by atoms with Gasteiger partial charge in [-0.2, -0.15) is 5.26 Å². The number of aromatic nitrogens is 1. The maximum Gasteiger partial charge on any atom is 0.144 e. The second kappa shape index (κ2) is 5.26. The Morgan fingerprint density at radius 3 is 2.94 bits per heavy atom. The number of nitrogen functional groups attached to an aromatic ring is 1. The van der Waals surface area contributed by atoms with Gasteiger partial charge in [0.25, 0.3) is 0 Å². The Hall–Kier alpha value is -1.76. The molecule has 3 unspecified atom stereocenters. The number of anilines is 2. The monoisotopic (exact) mass is 244 g/mol. The van der Waals surface area contributed by atoms with Crippen LogP contribution in [0, 0.1) is 23.2 Å². The van der Waals surface area contributed by atoms with Gasteiger partial charge in [-0.25, -0.2) is 4.98 Å². The fraction of sp³-hybridized carbons (Fsp3) is 0.571. The molecule has 1 saturated carbocycles. The van der Waals surface area contributed by atoms with Gasteiger partial charge >= 0.3 is 0 Å². The van der Waals surface area contributed by atoms with E-state index in [9.17, 15) is 0 Å². The number of hydrogen-bond acceptors (Lipinski definition) is 4. The molecule has 1 aliphatic carbocycles. The summed E-state index contributed by atoms with van der Waals surface area (Å²) in [6, 6.07) is 4.23. The number of nitrogens with one attached hydrogen (secondary N) is 1. The summed E-state index contributed by atoms with van der Waals surface area (Å²) in [6.07, 6.45) is 5.22. The van der Waals surface area contributed by atoms with Gasteiger partial charge < -0.3 is 11.1 Å². The van der Waals surface area contributed by atoms with Gasteiger partial charge in [-0.3, -0.25) is 0 Å². The van der Waals surface area contributed by atoms with Crippen LogP contribution in [0.3, 0.4) is 0 Å². The van der Waals surface area contributed by atoms with E-state index in [4.69, 9.17) is 11.0 Å². The van der Waals surface area contributed by atoms with Crippen molar-refractivity contribution in [1.29, 1.82) is 5.26 Å². The van der Waals surface area contributed by atoms with Gasteiger partial charge in [-0.05, 0) is 30.7 Å². The van der Waals surface area contributed by atoms with E-state index in [0.29, 0.717) is 29.0 Å². The Morgan fingerprint density at radius 1 is 1.56 bits per heavy atom. The van der Waals surface area contributed by atoms with E-state index in [1.165, 1.54) is 12.8 Å². The maximum atomic E-state index is 9.10. The normalized spacial score (nSPS) is 26.8. The summed E-state index contributed by atoms with van der Waals surface area (Å²) in [7, 11) is 0. The molecule has 0 aliphatic heterocycles. The van der Waals surface area contributed by atoms with Crippen molar-refractivity contribution in [2.24, 2.45) is 11.8 Å². The fourth-order valence-electron chi connectivity index (χ4n) is 2.88. The number of pyridine rings is 1. The fourth-order valence-corrected chi connectivity index (χ4v) is 2.88. The van der Waals surface area contributed by atoms with Gasteiger partial charge in [0.05, 0.1) is 17.4 Å². The van der Waals surface area contributed by atoms with Gasteiger partial charge in [-0.15, -0.1) is 0 Å². The van der Waals surface area contributed by atoms with Crippen LogP contribution in [0.2, 0.25) is 0 Å². The first-order chi connectivity index (χ1) is 8.65. The number of nitrogens with zero attached hydrogens (tertiary/aromatic N) is 2. The van der Waals surface area contributed by atoms with Crippen LogP contribution in [-0.4, -0.2) is 11.0 Å². The van der Waals surface area contributed by atoms with Crippen LogP contribution in [0.25, 0.3) is 0 Å². The third kappa shape index (κ3) is 2.40. The van der Waals surface area contributed by atoms with Crippen LogP contribution < -0.4 is 11.1 Å². The molecule has 18 heavy (non-hydrogen) atoms. The van der Waals surface area contributed by atoms with Crippen molar-refractivity contribution in [3.8, 4) is 6.07 Å². The predicted molar refractivity (Wildman–Crippen MR) is 73.0 cm³/mol. The van der Waals surface area contributed by atoms with E-state index in [2.05, 4.69) is 30.2 Å². The lowest BCUT2D eigenvalue weighted by molar-refractivity contribution is 0.391. The summed E-state index contributed by atoms with van der Waals surface area (Å²) in [6.45, 7) is 4.52. The minimum absolute atomic E-state index is 0.415. The SMILES string of the molecule is CCC1CCC(Nc2ncc(N)cc2C#N)C1C. The van der Waals surface area contributed by atoms with Gasteiger partial charge in [0.2, 0.25) is 0 Å². The van der Waals surface area contributed by atoms with Crippen LogP contribution in [0.15, 0.2) is 12.3 Å². The van der Waals surface area contributed by atoms with E-state index in [1.54, 1.807) is 12.3 Å². The molecule has 0 amide bonds. The van der Waals surface area contributed by atoms with Crippen molar-refractivity contribution in [2.45, 2.75) is 39.2 Å². The molecule has 1 fully saturated rings. The van der Waals surface area contributed by atoms with Crippen molar-refractivity contribution < 1.29 is 0 Å². The largest absolute Gasteiger partial charge is 0.397 e. The van der Waals surface area contributed by atoms with Crippen LogP contribution >= 0.6 is 0 Å². The van der Waals surface area contributed by atoms with E-state index < -0.39 is 0 Å². The molecule has 0 spiro atoms. The van der Waals surface area contributed by atoms with Gasteiger partial charge in [0.1, 0.15) is 11.9 Å². The third-order valence-corrected chi connectivity index (χ3v) is 4.10. The molecule has 0 saturated heterocycles. The highest BCUT2D eigenvalue weighted by molar-refractivity contribution is 5.57. The second-order valence-electron chi connectivity index (χ2n) is 5.13. The topological polar surface area (TPSA) is 74.7 Å². The van der Waals surface area contributed by atoms with Gasteiger partial charge in [0, 0.05) is 6.04 Å². The smallest absolute Gasteiger partial charge is 0.144 e. The summed E-state index contributed by atoms with van der Waals surface area (Å²) in [4.78, 5) is 4.24. The van der Waals surface area contributed by atoms with Crippen molar-refractivity contribution in [3.05, 3.63) is 17.8 Å². The molecule has 3 N–H and O–H groups in total. The van der Waals surface area contributed by atoms with E-state index in [-0.39, 0.29) is 0 Å². The third-order valence-electron chi connectivity index (χ3n) is 4.10. The Labute approximate surface area is 108 Å². The van der Waals surface area contributed by atoms with Crippen molar-refractivity contribution >= 4 is 11.5 Å². The second-order valence-corrected chi connectivity index (χ2v) is 5.13. The molecule has 2 rings (SSSR count). The highest BCUT2D eigenvalue weighted by Gasteiger charge is 2.31. The predicted octanol–water partition coefficient (Wildman–Crippen LogP) is 2.77. The van der Waals surface area contributed by atoms with Crippen molar-refractivity contribution in [1.82, 2.24) is 4.98 Å². The van der Waals surface area contributed by atoms with Crippen molar-refractivity contribution in [3.63, 3.8) is 0 Å². The highest BCUT2D eigenvalue weighted by Crippen LogP contribution is 2.35. The molecule has 1 aromatic rings.